The SMILES string of the molecule is O[C@@H](CON=C(c1ccncc1)c1ccc(Br)cc1)CN1CCN(c2ccccc2)CC1. The second-order valence-electron chi connectivity index (χ2n) is 7.76. The standard InChI is InChI=1S/C25H27BrN4O2/c26-22-8-6-20(7-9-22)25(21-10-12-27-13-11-21)28-32-19-24(31)18-29-14-16-30(17-15-29)23-4-2-1-3-5-23/h1-13,24,31H,14-19H2/t24-/m1/s1. The molecular weight excluding hydrogens is 468 g/mol. The molecule has 6 nitrogen and oxygen atoms in total. The van der Waals surface area contributed by atoms with Gasteiger partial charge < -0.3 is 14.8 Å². The number of aromatic nitrogens is 1. The number of aliphatic hydroxyl groups excluding tert-OH is 1. The largest absolute Gasteiger partial charge is 0.392 e. The van der Waals surface area contributed by atoms with Gasteiger partial charge in [-0.3, -0.25) is 9.88 Å². The van der Waals surface area contributed by atoms with Crippen LogP contribution < -0.4 is 4.90 Å². The van der Waals surface area contributed by atoms with Gasteiger partial charge >= 0.3 is 0 Å². The smallest absolute Gasteiger partial charge is 0.144 e. The van der Waals surface area contributed by atoms with Crippen LogP contribution in [0.5, 0.6) is 0 Å². The number of para-hydroxylation sites is 1. The maximum atomic E-state index is 10.5. The number of hydrogen-bond acceptors (Lipinski definition) is 6. The van der Waals surface area contributed by atoms with Crippen LogP contribution in [0.4, 0.5) is 5.69 Å². The van der Waals surface area contributed by atoms with Gasteiger partial charge in [0, 0.05) is 66.4 Å². The van der Waals surface area contributed by atoms with Gasteiger partial charge in [0.15, 0.2) is 0 Å². The minimum Gasteiger partial charge on any atom is -0.392 e. The van der Waals surface area contributed by atoms with E-state index in [1.165, 1.54) is 5.69 Å². The molecule has 1 aromatic heterocycles. The topological polar surface area (TPSA) is 61.2 Å². The summed E-state index contributed by atoms with van der Waals surface area (Å²) in [4.78, 5) is 14.3. The van der Waals surface area contributed by atoms with Crippen LogP contribution in [-0.4, -0.2) is 66.1 Å². The van der Waals surface area contributed by atoms with E-state index in [1.54, 1.807) is 12.4 Å². The maximum absolute atomic E-state index is 10.5. The molecule has 1 saturated heterocycles. The fraction of sp³-hybridized carbons (Fsp3) is 0.280. The summed E-state index contributed by atoms with van der Waals surface area (Å²) < 4.78 is 0.999. The first-order valence-corrected chi connectivity index (χ1v) is 11.5. The van der Waals surface area contributed by atoms with Crippen molar-refractivity contribution in [1.82, 2.24) is 9.88 Å². The van der Waals surface area contributed by atoms with E-state index in [9.17, 15) is 5.11 Å². The van der Waals surface area contributed by atoms with Gasteiger partial charge in [-0.2, -0.15) is 0 Å². The number of halogens is 1. The van der Waals surface area contributed by atoms with Crippen molar-refractivity contribution >= 4 is 27.3 Å². The zero-order chi connectivity index (χ0) is 22.2. The van der Waals surface area contributed by atoms with E-state index >= 15 is 0 Å². The molecule has 0 aliphatic carbocycles. The Balaban J connectivity index is 1.31. The molecule has 1 atom stereocenters. The van der Waals surface area contributed by atoms with Crippen molar-refractivity contribution in [1.29, 1.82) is 0 Å². The summed E-state index contributed by atoms with van der Waals surface area (Å²) in [7, 11) is 0. The van der Waals surface area contributed by atoms with E-state index in [-0.39, 0.29) is 6.61 Å². The number of nitrogens with zero attached hydrogens (tertiary/aromatic N) is 4. The predicted octanol–water partition coefficient (Wildman–Crippen LogP) is 3.80. The molecule has 0 radical (unpaired) electrons. The third-order valence-corrected chi connectivity index (χ3v) is 5.99. The summed E-state index contributed by atoms with van der Waals surface area (Å²) >= 11 is 3.46. The van der Waals surface area contributed by atoms with Crippen molar-refractivity contribution in [3.05, 3.63) is 94.7 Å². The second kappa shape index (κ2) is 11.2. The van der Waals surface area contributed by atoms with Gasteiger partial charge in [-0.05, 0) is 36.4 Å². The highest BCUT2D eigenvalue weighted by Gasteiger charge is 2.20. The van der Waals surface area contributed by atoms with Crippen molar-refractivity contribution in [2.75, 3.05) is 44.2 Å². The summed E-state index contributed by atoms with van der Waals surface area (Å²) in [5, 5.41) is 14.9. The summed E-state index contributed by atoms with van der Waals surface area (Å²) in [6.07, 6.45) is 2.85. The summed E-state index contributed by atoms with van der Waals surface area (Å²) in [5.74, 6) is 0. The molecule has 0 unspecified atom stereocenters. The Labute approximate surface area is 197 Å². The summed E-state index contributed by atoms with van der Waals surface area (Å²) in [5.41, 5.74) is 3.81. The first-order valence-electron chi connectivity index (χ1n) is 10.8. The van der Waals surface area contributed by atoms with Crippen LogP contribution in [0, 0.1) is 0 Å². The molecule has 0 saturated carbocycles. The highest BCUT2D eigenvalue weighted by Crippen LogP contribution is 2.17. The van der Waals surface area contributed by atoms with Crippen LogP contribution in [0.1, 0.15) is 11.1 Å². The minimum atomic E-state index is -0.606. The van der Waals surface area contributed by atoms with Crippen molar-refractivity contribution in [3.63, 3.8) is 0 Å². The fourth-order valence-electron chi connectivity index (χ4n) is 3.76. The summed E-state index contributed by atoms with van der Waals surface area (Å²) in [6, 6.07) is 22.1. The minimum absolute atomic E-state index is 0.143. The number of β-amino-alcohol motifs (C(OH)–C–C–N with tert-alkyl or cyclic N) is 1. The molecule has 4 rings (SSSR count). The van der Waals surface area contributed by atoms with Crippen LogP contribution in [0.15, 0.2) is 88.8 Å². The lowest BCUT2D eigenvalue weighted by Crippen LogP contribution is -2.49. The zero-order valence-corrected chi connectivity index (χ0v) is 19.4. The number of benzene rings is 2. The van der Waals surface area contributed by atoms with Gasteiger partial charge in [0.05, 0.1) is 0 Å². The molecule has 0 amide bonds. The van der Waals surface area contributed by atoms with Gasteiger partial charge in [-0.25, -0.2) is 0 Å². The molecule has 32 heavy (non-hydrogen) atoms. The molecule has 1 N–H and O–H groups in total. The van der Waals surface area contributed by atoms with Crippen LogP contribution in [0.25, 0.3) is 0 Å². The lowest BCUT2D eigenvalue weighted by Gasteiger charge is -2.36. The number of hydrogen-bond donors (Lipinski definition) is 1. The number of piperazine rings is 1. The van der Waals surface area contributed by atoms with E-state index in [0.717, 1.165) is 41.8 Å². The molecule has 7 heteroatoms. The van der Waals surface area contributed by atoms with Gasteiger partial charge in [0.2, 0.25) is 0 Å². The van der Waals surface area contributed by atoms with E-state index in [2.05, 4.69) is 60.1 Å². The molecule has 3 aromatic rings. The monoisotopic (exact) mass is 494 g/mol. The Kier molecular flexibility index (Phi) is 7.87. The summed E-state index contributed by atoms with van der Waals surface area (Å²) in [6.45, 7) is 4.44. The fourth-order valence-corrected chi connectivity index (χ4v) is 4.02. The number of anilines is 1. The Hall–Kier alpha value is -2.74. The van der Waals surface area contributed by atoms with E-state index < -0.39 is 6.10 Å². The second-order valence-corrected chi connectivity index (χ2v) is 8.67. The lowest BCUT2D eigenvalue weighted by molar-refractivity contribution is 0.0182. The third-order valence-electron chi connectivity index (χ3n) is 5.46. The quantitative estimate of drug-likeness (QED) is 0.381. The molecule has 0 bridgehead atoms. The van der Waals surface area contributed by atoms with Crippen molar-refractivity contribution in [2.45, 2.75) is 6.10 Å². The molecule has 0 spiro atoms. The Morgan fingerprint density at radius 1 is 0.938 bits per heavy atom. The van der Waals surface area contributed by atoms with Gasteiger partial charge in [0.1, 0.15) is 18.4 Å². The van der Waals surface area contributed by atoms with E-state index in [0.29, 0.717) is 12.3 Å². The van der Waals surface area contributed by atoms with Gasteiger partial charge in [-0.15, -0.1) is 0 Å². The average molecular weight is 495 g/mol. The maximum Gasteiger partial charge on any atom is 0.144 e. The number of aliphatic hydroxyl groups is 1. The first kappa shape index (κ1) is 22.5. The molecule has 2 aromatic carbocycles. The third kappa shape index (κ3) is 6.16. The van der Waals surface area contributed by atoms with Crippen molar-refractivity contribution < 1.29 is 9.94 Å². The zero-order valence-electron chi connectivity index (χ0n) is 17.8. The van der Waals surface area contributed by atoms with Crippen LogP contribution >= 0.6 is 15.9 Å². The Bertz CT molecular complexity index is 991. The van der Waals surface area contributed by atoms with Crippen molar-refractivity contribution in [3.8, 4) is 0 Å². The van der Waals surface area contributed by atoms with Crippen LogP contribution in [-0.2, 0) is 4.84 Å². The van der Waals surface area contributed by atoms with E-state index in [4.69, 9.17) is 4.84 Å². The van der Waals surface area contributed by atoms with Crippen LogP contribution in [0.2, 0.25) is 0 Å². The number of oxime groups is 1. The van der Waals surface area contributed by atoms with E-state index in [1.807, 2.05) is 42.5 Å². The first-order chi connectivity index (χ1) is 15.7. The molecule has 2 heterocycles. The number of pyridine rings is 1. The van der Waals surface area contributed by atoms with Crippen LogP contribution in [0.3, 0.4) is 0 Å². The van der Waals surface area contributed by atoms with Crippen molar-refractivity contribution in [2.24, 2.45) is 5.16 Å². The molecular formula is C25H27BrN4O2. The molecule has 1 aliphatic rings. The molecule has 166 valence electrons. The number of rotatable bonds is 8. The highest BCUT2D eigenvalue weighted by molar-refractivity contribution is 9.10. The molecule has 1 aliphatic heterocycles. The Morgan fingerprint density at radius 2 is 1.59 bits per heavy atom. The van der Waals surface area contributed by atoms with Gasteiger partial charge in [0.25, 0.3) is 0 Å². The predicted molar refractivity (Wildman–Crippen MR) is 131 cm³/mol. The normalized spacial score (nSPS) is 16.1. The average Bonchev–Trinajstić information content (AvgIpc) is 2.84. The lowest BCUT2D eigenvalue weighted by atomic mass is 10.0. The highest BCUT2D eigenvalue weighted by atomic mass is 79.9. The van der Waals surface area contributed by atoms with Gasteiger partial charge in [-0.1, -0.05) is 51.4 Å². The molecule has 1 fully saturated rings. The Morgan fingerprint density at radius 3 is 2.28 bits per heavy atom.